The number of aryl methyl sites for hydroxylation is 1. The highest BCUT2D eigenvalue weighted by Crippen LogP contribution is 2.22. The number of aliphatic hydroxyl groups is 1. The SMILES string of the molecule is CCNC(=NCc1cccc(Cn2ccnc2C)c1)NCC(C)(O)c1ccsc1.I. The number of aliphatic imine (C=N–C) groups is 1. The van der Waals surface area contributed by atoms with Gasteiger partial charge in [-0.2, -0.15) is 11.3 Å². The summed E-state index contributed by atoms with van der Waals surface area (Å²) in [6.07, 6.45) is 3.82. The van der Waals surface area contributed by atoms with Gasteiger partial charge in [-0.3, -0.25) is 0 Å². The Kier molecular flexibility index (Phi) is 9.32. The van der Waals surface area contributed by atoms with Crippen molar-refractivity contribution in [2.75, 3.05) is 13.1 Å². The van der Waals surface area contributed by atoms with Crippen LogP contribution in [-0.2, 0) is 18.7 Å². The number of nitrogens with one attached hydrogen (secondary N) is 2. The van der Waals surface area contributed by atoms with Crippen molar-refractivity contribution in [1.29, 1.82) is 0 Å². The van der Waals surface area contributed by atoms with Gasteiger partial charge in [0.05, 0.1) is 13.1 Å². The number of hydrogen-bond donors (Lipinski definition) is 3. The van der Waals surface area contributed by atoms with Crippen LogP contribution >= 0.6 is 35.3 Å². The van der Waals surface area contributed by atoms with E-state index in [2.05, 4.69) is 44.5 Å². The Labute approximate surface area is 199 Å². The Hall–Kier alpha value is -1.91. The largest absolute Gasteiger partial charge is 0.384 e. The van der Waals surface area contributed by atoms with Crippen molar-refractivity contribution in [2.45, 2.75) is 39.5 Å². The number of thiophene rings is 1. The highest BCUT2D eigenvalue weighted by Gasteiger charge is 2.23. The first-order chi connectivity index (χ1) is 14.0. The van der Waals surface area contributed by atoms with E-state index < -0.39 is 5.60 Å². The van der Waals surface area contributed by atoms with Crippen LogP contribution in [0.15, 0.2) is 58.5 Å². The summed E-state index contributed by atoms with van der Waals surface area (Å²) >= 11 is 1.58. The highest BCUT2D eigenvalue weighted by molar-refractivity contribution is 14.0. The van der Waals surface area contributed by atoms with E-state index in [0.717, 1.165) is 30.0 Å². The standard InChI is InChI=1S/C22H29N5OS.HI/c1-4-23-21(26-16-22(3,28)20-8-11-29-15-20)25-13-18-6-5-7-19(12-18)14-27-10-9-24-17(27)2;/h5-12,15,28H,4,13-14,16H2,1-3H3,(H2,23,25,26);1H. The van der Waals surface area contributed by atoms with Gasteiger partial charge in [0.1, 0.15) is 11.4 Å². The summed E-state index contributed by atoms with van der Waals surface area (Å²) in [6.45, 7) is 8.35. The van der Waals surface area contributed by atoms with Gasteiger partial charge in [0, 0.05) is 25.5 Å². The number of guanidine groups is 1. The van der Waals surface area contributed by atoms with Gasteiger partial charge in [0.15, 0.2) is 5.96 Å². The van der Waals surface area contributed by atoms with Crippen molar-refractivity contribution in [3.63, 3.8) is 0 Å². The number of rotatable bonds is 8. The fraction of sp³-hybridized carbons (Fsp3) is 0.364. The van der Waals surface area contributed by atoms with Gasteiger partial charge in [-0.25, -0.2) is 9.98 Å². The van der Waals surface area contributed by atoms with Crippen LogP contribution in [0.1, 0.15) is 36.4 Å². The lowest BCUT2D eigenvalue weighted by Crippen LogP contribution is -2.44. The van der Waals surface area contributed by atoms with Crippen LogP contribution < -0.4 is 10.6 Å². The zero-order valence-electron chi connectivity index (χ0n) is 17.6. The molecule has 162 valence electrons. The second-order valence-electron chi connectivity index (χ2n) is 7.26. The molecule has 1 aromatic carbocycles. The summed E-state index contributed by atoms with van der Waals surface area (Å²) in [5, 5.41) is 21.2. The summed E-state index contributed by atoms with van der Waals surface area (Å²) in [4.78, 5) is 8.97. The summed E-state index contributed by atoms with van der Waals surface area (Å²) in [7, 11) is 0. The van der Waals surface area contributed by atoms with Gasteiger partial charge in [0.2, 0.25) is 0 Å². The molecule has 2 heterocycles. The number of nitrogens with zero attached hydrogens (tertiary/aromatic N) is 3. The lowest BCUT2D eigenvalue weighted by Gasteiger charge is -2.24. The lowest BCUT2D eigenvalue weighted by molar-refractivity contribution is 0.0621. The van der Waals surface area contributed by atoms with Crippen LogP contribution in [0.4, 0.5) is 0 Å². The molecule has 0 fully saturated rings. The molecule has 2 aromatic heterocycles. The molecule has 3 rings (SSSR count). The van der Waals surface area contributed by atoms with Crippen LogP contribution in [-0.4, -0.2) is 33.7 Å². The molecule has 6 nitrogen and oxygen atoms in total. The Bertz CT molecular complexity index is 937. The Morgan fingerprint density at radius 2 is 2.07 bits per heavy atom. The van der Waals surface area contributed by atoms with Gasteiger partial charge in [0.25, 0.3) is 0 Å². The van der Waals surface area contributed by atoms with Gasteiger partial charge >= 0.3 is 0 Å². The molecule has 0 bridgehead atoms. The minimum atomic E-state index is -0.946. The van der Waals surface area contributed by atoms with Crippen LogP contribution in [0.2, 0.25) is 0 Å². The molecule has 0 amide bonds. The van der Waals surface area contributed by atoms with Crippen molar-refractivity contribution in [2.24, 2.45) is 4.99 Å². The number of halogens is 1. The third-order valence-corrected chi connectivity index (χ3v) is 5.46. The molecular formula is C22H30IN5OS. The summed E-state index contributed by atoms with van der Waals surface area (Å²) < 4.78 is 2.13. The van der Waals surface area contributed by atoms with Crippen LogP contribution in [0.3, 0.4) is 0 Å². The van der Waals surface area contributed by atoms with Gasteiger partial charge < -0.3 is 20.3 Å². The zero-order valence-corrected chi connectivity index (χ0v) is 20.8. The first-order valence-corrected chi connectivity index (χ1v) is 10.7. The topological polar surface area (TPSA) is 74.5 Å². The molecular weight excluding hydrogens is 509 g/mol. The lowest BCUT2D eigenvalue weighted by atomic mass is 9.99. The molecule has 30 heavy (non-hydrogen) atoms. The third kappa shape index (κ3) is 6.82. The highest BCUT2D eigenvalue weighted by atomic mass is 127. The molecule has 0 aliphatic carbocycles. The molecule has 3 aromatic rings. The van der Waals surface area contributed by atoms with Crippen molar-refractivity contribution >= 4 is 41.3 Å². The van der Waals surface area contributed by atoms with Crippen molar-refractivity contribution in [3.05, 3.63) is 76.0 Å². The monoisotopic (exact) mass is 539 g/mol. The maximum Gasteiger partial charge on any atom is 0.191 e. The van der Waals surface area contributed by atoms with Crippen molar-refractivity contribution in [1.82, 2.24) is 20.2 Å². The zero-order chi connectivity index (χ0) is 20.7. The smallest absolute Gasteiger partial charge is 0.191 e. The first kappa shape index (κ1) is 24.4. The molecule has 1 unspecified atom stereocenters. The molecule has 8 heteroatoms. The molecule has 0 radical (unpaired) electrons. The maximum absolute atomic E-state index is 10.7. The molecule has 3 N–H and O–H groups in total. The van der Waals surface area contributed by atoms with E-state index in [4.69, 9.17) is 4.99 Å². The first-order valence-electron chi connectivity index (χ1n) is 9.80. The predicted octanol–water partition coefficient (Wildman–Crippen LogP) is 3.88. The molecule has 0 spiro atoms. The Morgan fingerprint density at radius 1 is 1.27 bits per heavy atom. The van der Waals surface area contributed by atoms with E-state index in [0.29, 0.717) is 19.0 Å². The number of hydrogen-bond acceptors (Lipinski definition) is 4. The van der Waals surface area contributed by atoms with Gasteiger partial charge in [-0.15, -0.1) is 24.0 Å². The minimum absolute atomic E-state index is 0. The summed E-state index contributed by atoms with van der Waals surface area (Å²) in [5.74, 6) is 1.70. The van der Waals surface area contributed by atoms with E-state index in [9.17, 15) is 5.11 Å². The number of imidazole rings is 1. The average molecular weight is 539 g/mol. The normalized spacial score (nSPS) is 13.4. The van der Waals surface area contributed by atoms with Gasteiger partial charge in [-0.05, 0) is 54.3 Å². The molecule has 1 atom stereocenters. The molecule has 0 saturated carbocycles. The van der Waals surface area contributed by atoms with E-state index in [-0.39, 0.29) is 24.0 Å². The molecule has 0 aliphatic heterocycles. The Morgan fingerprint density at radius 3 is 2.73 bits per heavy atom. The van der Waals surface area contributed by atoms with E-state index in [1.807, 2.05) is 50.0 Å². The van der Waals surface area contributed by atoms with Crippen molar-refractivity contribution < 1.29 is 5.11 Å². The van der Waals surface area contributed by atoms with Crippen molar-refractivity contribution in [3.8, 4) is 0 Å². The average Bonchev–Trinajstić information content (AvgIpc) is 3.37. The predicted molar refractivity (Wildman–Crippen MR) is 135 cm³/mol. The third-order valence-electron chi connectivity index (χ3n) is 4.78. The second kappa shape index (κ2) is 11.5. The van der Waals surface area contributed by atoms with E-state index in [1.54, 1.807) is 11.3 Å². The summed E-state index contributed by atoms with van der Waals surface area (Å²) in [6, 6.07) is 10.4. The van der Waals surface area contributed by atoms with Crippen LogP contribution in [0.5, 0.6) is 0 Å². The molecule has 0 aliphatic rings. The van der Waals surface area contributed by atoms with Crippen LogP contribution in [0, 0.1) is 6.92 Å². The fourth-order valence-electron chi connectivity index (χ4n) is 3.03. The number of benzene rings is 1. The quantitative estimate of drug-likeness (QED) is 0.231. The Balaban J connectivity index is 0.00000320. The summed E-state index contributed by atoms with van der Waals surface area (Å²) in [5.41, 5.74) is 2.33. The molecule has 0 saturated heterocycles. The maximum atomic E-state index is 10.7. The fourth-order valence-corrected chi connectivity index (χ4v) is 3.82. The number of aromatic nitrogens is 2. The minimum Gasteiger partial charge on any atom is -0.384 e. The van der Waals surface area contributed by atoms with Crippen LogP contribution in [0.25, 0.3) is 0 Å². The van der Waals surface area contributed by atoms with E-state index in [1.165, 1.54) is 5.56 Å². The van der Waals surface area contributed by atoms with E-state index >= 15 is 0 Å². The van der Waals surface area contributed by atoms with Gasteiger partial charge in [-0.1, -0.05) is 24.3 Å². The second-order valence-corrected chi connectivity index (χ2v) is 8.04.